The second-order valence-corrected chi connectivity index (χ2v) is 8.14. The zero-order valence-corrected chi connectivity index (χ0v) is 13.8. The molecule has 4 rings (SSSR count). The van der Waals surface area contributed by atoms with Gasteiger partial charge in [0.2, 0.25) is 0 Å². The Labute approximate surface area is 132 Å². The summed E-state index contributed by atoms with van der Waals surface area (Å²) in [6, 6.07) is 26.5. The predicted molar refractivity (Wildman–Crippen MR) is 98.2 cm³/mol. The Kier molecular flexibility index (Phi) is 3.05. The lowest BCUT2D eigenvalue weighted by Crippen LogP contribution is -1.71. The van der Waals surface area contributed by atoms with Crippen LogP contribution in [0.2, 0.25) is 0 Å². The number of hydrogen-bond acceptors (Lipinski definition) is 0. The molecular weight excluding hydrogens is 374 g/mol. The second-order valence-electron chi connectivity index (χ2n) is 4.82. The smallest absolute Gasteiger partial charge is 0.0218 e. The molecule has 0 N–H and O–H groups in total. The van der Waals surface area contributed by atoms with Crippen LogP contribution in [-0.4, -0.2) is 0 Å². The SMILES string of the molecule is Ic1cccc2c1c1ccccc1p2-c1ccccc1. The van der Waals surface area contributed by atoms with Crippen molar-refractivity contribution in [2.24, 2.45) is 0 Å². The van der Waals surface area contributed by atoms with Crippen molar-refractivity contribution in [3.8, 4) is 5.30 Å². The molecule has 0 aliphatic carbocycles. The molecule has 96 valence electrons. The van der Waals surface area contributed by atoms with Crippen LogP contribution in [0.3, 0.4) is 0 Å². The predicted octanol–water partition coefficient (Wildman–Crippen LogP) is 6.57. The molecule has 0 radical (unpaired) electrons. The van der Waals surface area contributed by atoms with E-state index in [9.17, 15) is 0 Å². The molecule has 0 amide bonds. The highest BCUT2D eigenvalue weighted by atomic mass is 127. The largest absolute Gasteiger partial charge is 0.0772 e. The van der Waals surface area contributed by atoms with Crippen molar-refractivity contribution in [2.45, 2.75) is 0 Å². The molecule has 3 aromatic carbocycles. The zero-order valence-electron chi connectivity index (χ0n) is 10.8. The van der Waals surface area contributed by atoms with Gasteiger partial charge in [0.05, 0.1) is 0 Å². The maximum Gasteiger partial charge on any atom is 0.0218 e. The summed E-state index contributed by atoms with van der Waals surface area (Å²) in [5.41, 5.74) is 0. The summed E-state index contributed by atoms with van der Waals surface area (Å²) in [6.07, 6.45) is 0. The van der Waals surface area contributed by atoms with Gasteiger partial charge in [0, 0.05) is 19.2 Å². The van der Waals surface area contributed by atoms with Gasteiger partial charge >= 0.3 is 0 Å². The number of hydrogen-bond donors (Lipinski definition) is 0. The van der Waals surface area contributed by atoms with Crippen molar-refractivity contribution < 1.29 is 0 Å². The van der Waals surface area contributed by atoms with Crippen molar-refractivity contribution in [1.29, 1.82) is 0 Å². The average molecular weight is 386 g/mol. The Morgan fingerprint density at radius 3 is 2.20 bits per heavy atom. The summed E-state index contributed by atoms with van der Waals surface area (Å²) in [5.74, 6) is 0. The van der Waals surface area contributed by atoms with Gasteiger partial charge in [-0.25, -0.2) is 0 Å². The van der Waals surface area contributed by atoms with Crippen LogP contribution in [0.4, 0.5) is 0 Å². The van der Waals surface area contributed by atoms with Gasteiger partial charge < -0.3 is 0 Å². The van der Waals surface area contributed by atoms with E-state index in [4.69, 9.17) is 0 Å². The van der Waals surface area contributed by atoms with Crippen molar-refractivity contribution in [2.75, 3.05) is 0 Å². The minimum atomic E-state index is -0.393. The van der Waals surface area contributed by atoms with Crippen molar-refractivity contribution in [3.05, 3.63) is 76.4 Å². The quantitative estimate of drug-likeness (QED) is 0.325. The third kappa shape index (κ3) is 1.81. The summed E-state index contributed by atoms with van der Waals surface area (Å²) >= 11 is 2.46. The molecule has 1 heterocycles. The third-order valence-electron chi connectivity index (χ3n) is 3.66. The molecule has 1 atom stereocenters. The summed E-state index contributed by atoms with van der Waals surface area (Å²) in [5, 5.41) is 7.30. The number of halogens is 1. The normalized spacial score (nSPS) is 12.2. The molecule has 2 heteroatoms. The first kappa shape index (κ1) is 12.4. The van der Waals surface area contributed by atoms with E-state index in [2.05, 4.69) is 95.4 Å². The topological polar surface area (TPSA) is 0 Å². The van der Waals surface area contributed by atoms with E-state index < -0.39 is 7.53 Å². The molecule has 1 aromatic heterocycles. The van der Waals surface area contributed by atoms with E-state index in [0.717, 1.165) is 0 Å². The fourth-order valence-electron chi connectivity index (χ4n) is 2.83. The van der Waals surface area contributed by atoms with Gasteiger partial charge in [-0.05, 0) is 45.4 Å². The second kappa shape index (κ2) is 4.91. The standard InChI is InChI=1S/C18H12IP/c19-15-10-6-12-17-18(15)14-9-4-5-11-16(14)20(17)13-7-2-1-3-8-13/h1-12H. The molecule has 4 aromatic rings. The molecule has 0 spiro atoms. The Hall–Kier alpha value is -1.31. The van der Waals surface area contributed by atoms with E-state index in [1.165, 1.54) is 29.9 Å². The van der Waals surface area contributed by atoms with Crippen LogP contribution in [0.25, 0.3) is 26.3 Å². The van der Waals surface area contributed by atoms with E-state index in [-0.39, 0.29) is 0 Å². The van der Waals surface area contributed by atoms with Gasteiger partial charge in [-0.3, -0.25) is 0 Å². The van der Waals surface area contributed by atoms with E-state index in [1.807, 2.05) is 0 Å². The van der Waals surface area contributed by atoms with Gasteiger partial charge in [0.1, 0.15) is 0 Å². The molecule has 0 aliphatic rings. The summed E-state index contributed by atoms with van der Waals surface area (Å²) < 4.78 is 1.36. The van der Waals surface area contributed by atoms with Crippen LogP contribution in [0.15, 0.2) is 72.8 Å². The fraction of sp³-hybridized carbons (Fsp3) is 0. The Balaban J connectivity index is 2.26. The summed E-state index contributed by atoms with van der Waals surface area (Å²) in [7, 11) is -0.393. The van der Waals surface area contributed by atoms with Gasteiger partial charge in [0.15, 0.2) is 0 Å². The third-order valence-corrected chi connectivity index (χ3v) is 7.10. The van der Waals surface area contributed by atoms with Crippen LogP contribution >= 0.6 is 30.1 Å². The molecule has 0 saturated carbocycles. The molecule has 0 fully saturated rings. The number of fused-ring (bicyclic) bond motifs is 3. The molecule has 0 saturated heterocycles. The molecule has 0 bridgehead atoms. The Morgan fingerprint density at radius 1 is 0.650 bits per heavy atom. The van der Waals surface area contributed by atoms with Crippen molar-refractivity contribution >= 4 is 51.1 Å². The average Bonchev–Trinajstić information content (AvgIpc) is 2.84. The van der Waals surface area contributed by atoms with Crippen LogP contribution in [0.1, 0.15) is 0 Å². The first-order chi connectivity index (χ1) is 9.86. The number of rotatable bonds is 1. The van der Waals surface area contributed by atoms with E-state index >= 15 is 0 Å². The molecule has 1 unspecified atom stereocenters. The zero-order chi connectivity index (χ0) is 13.5. The minimum absolute atomic E-state index is 0.393. The van der Waals surface area contributed by atoms with Gasteiger partial charge in [0.25, 0.3) is 0 Å². The lowest BCUT2D eigenvalue weighted by Gasteiger charge is -2.03. The number of benzene rings is 3. The first-order valence-corrected chi connectivity index (χ1v) is 9.01. The molecule has 0 aliphatic heterocycles. The van der Waals surface area contributed by atoms with Crippen LogP contribution in [0, 0.1) is 3.57 Å². The van der Waals surface area contributed by atoms with Crippen molar-refractivity contribution in [1.82, 2.24) is 0 Å². The Morgan fingerprint density at radius 2 is 1.35 bits per heavy atom. The van der Waals surface area contributed by atoms with Crippen LogP contribution in [-0.2, 0) is 0 Å². The highest BCUT2D eigenvalue weighted by Gasteiger charge is 2.14. The monoisotopic (exact) mass is 386 g/mol. The van der Waals surface area contributed by atoms with Gasteiger partial charge in [-0.15, -0.1) is 0 Å². The molecule has 0 nitrogen and oxygen atoms in total. The lowest BCUT2D eigenvalue weighted by molar-refractivity contribution is 1.76. The lowest BCUT2D eigenvalue weighted by atomic mass is 10.2. The highest BCUT2D eigenvalue weighted by Crippen LogP contribution is 2.55. The molecule has 20 heavy (non-hydrogen) atoms. The fourth-order valence-corrected chi connectivity index (χ4v) is 6.48. The summed E-state index contributed by atoms with van der Waals surface area (Å²) in [4.78, 5) is 0. The maximum atomic E-state index is 2.46. The first-order valence-electron chi connectivity index (χ1n) is 6.59. The summed E-state index contributed by atoms with van der Waals surface area (Å²) in [6.45, 7) is 0. The van der Waals surface area contributed by atoms with Crippen molar-refractivity contribution in [3.63, 3.8) is 0 Å². The Bertz CT molecular complexity index is 907. The minimum Gasteiger partial charge on any atom is -0.0772 e. The maximum absolute atomic E-state index is 2.46. The molecular formula is C18H12IP. The van der Waals surface area contributed by atoms with E-state index in [1.54, 1.807) is 0 Å². The van der Waals surface area contributed by atoms with E-state index in [0.29, 0.717) is 0 Å². The van der Waals surface area contributed by atoms with Gasteiger partial charge in [-0.2, -0.15) is 0 Å². The highest BCUT2D eigenvalue weighted by molar-refractivity contribution is 14.1. The van der Waals surface area contributed by atoms with Crippen LogP contribution < -0.4 is 0 Å². The van der Waals surface area contributed by atoms with Crippen LogP contribution in [0.5, 0.6) is 0 Å². The van der Waals surface area contributed by atoms with Gasteiger partial charge in [-0.1, -0.05) is 68.2 Å².